The normalized spacial score (nSPS) is 18.1. The Morgan fingerprint density at radius 3 is 3.11 bits per heavy atom. The highest BCUT2D eigenvalue weighted by molar-refractivity contribution is 7.95. The fourth-order valence-corrected chi connectivity index (χ4v) is 1.22. The van der Waals surface area contributed by atoms with Crippen LogP contribution in [-0.4, -0.2) is 30.6 Å². The highest BCUT2D eigenvalue weighted by Crippen LogP contribution is 2.11. The number of nitrogens with zero attached hydrogens (tertiary/aromatic N) is 1. The van der Waals surface area contributed by atoms with Gasteiger partial charge in [0.1, 0.15) is 0 Å². The molecule has 0 aromatic carbocycles. The summed E-state index contributed by atoms with van der Waals surface area (Å²) in [4.78, 5) is 10.7. The summed E-state index contributed by atoms with van der Waals surface area (Å²) in [6.07, 6.45) is -0.287. The molecule has 52 valence electrons. The summed E-state index contributed by atoms with van der Waals surface area (Å²) in [5, 5.41) is 0. The summed E-state index contributed by atoms with van der Waals surface area (Å²) in [5.74, 6) is 0. The van der Waals surface area contributed by atoms with Crippen LogP contribution in [0.5, 0.6) is 0 Å². The van der Waals surface area contributed by atoms with Gasteiger partial charge in [0.05, 0.1) is 13.7 Å². The Hall–Kier alpha value is -0.420. The van der Waals surface area contributed by atoms with E-state index < -0.39 is 0 Å². The number of hydrogen-bond acceptors (Lipinski definition) is 4. The van der Waals surface area contributed by atoms with E-state index in [-0.39, 0.29) is 6.09 Å². The monoisotopic (exact) mass is 148 g/mol. The van der Waals surface area contributed by atoms with Crippen molar-refractivity contribution in [3.8, 4) is 0 Å². The van der Waals surface area contributed by atoms with Crippen LogP contribution < -0.4 is 4.72 Å². The molecule has 1 heterocycles. The van der Waals surface area contributed by atoms with Gasteiger partial charge < -0.3 is 4.74 Å². The fourth-order valence-electron chi connectivity index (χ4n) is 0.547. The Kier molecular flexibility index (Phi) is 2.18. The van der Waals surface area contributed by atoms with Gasteiger partial charge in [0, 0.05) is 18.7 Å². The lowest BCUT2D eigenvalue weighted by molar-refractivity contribution is 0.154. The lowest BCUT2D eigenvalue weighted by Gasteiger charge is -2.08. The average molecular weight is 148 g/mol. The minimum absolute atomic E-state index is 0.287. The van der Waals surface area contributed by atoms with E-state index in [0.717, 1.165) is 13.1 Å². The van der Waals surface area contributed by atoms with Crippen LogP contribution in [0.4, 0.5) is 4.79 Å². The van der Waals surface area contributed by atoms with Gasteiger partial charge in [-0.1, -0.05) is 0 Å². The highest BCUT2D eigenvalue weighted by atomic mass is 32.2. The molecule has 1 fully saturated rings. The molecule has 0 aromatic rings. The number of hydrogen-bond donors (Lipinski definition) is 1. The van der Waals surface area contributed by atoms with Gasteiger partial charge in [-0.2, -0.15) is 0 Å². The Labute approximate surface area is 57.8 Å². The molecule has 1 aliphatic rings. The molecule has 0 bridgehead atoms. The predicted molar refractivity (Wildman–Crippen MR) is 34.7 cm³/mol. The standard InChI is InChI=1S/C4H8N2O2S/c1-8-4(7)6-3-2-5-9-6/h5H,2-3H2,1H3. The molecule has 1 rings (SSSR count). The first-order valence-electron chi connectivity index (χ1n) is 2.60. The van der Waals surface area contributed by atoms with Gasteiger partial charge in [0.2, 0.25) is 0 Å². The molecule has 0 atom stereocenters. The van der Waals surface area contributed by atoms with Gasteiger partial charge in [-0.15, -0.1) is 0 Å². The first-order valence-corrected chi connectivity index (χ1v) is 3.37. The molecule has 4 nitrogen and oxygen atoms in total. The first kappa shape index (κ1) is 6.70. The lowest BCUT2D eigenvalue weighted by atomic mass is 10.7. The maximum Gasteiger partial charge on any atom is 0.420 e. The molecule has 0 aromatic heterocycles. The zero-order valence-corrected chi connectivity index (χ0v) is 5.90. The molecule has 0 spiro atoms. The molecule has 1 N–H and O–H groups in total. The van der Waals surface area contributed by atoms with Gasteiger partial charge in [-0.05, 0) is 0 Å². The lowest BCUT2D eigenvalue weighted by Crippen LogP contribution is -2.21. The second-order valence-corrected chi connectivity index (χ2v) is 2.47. The smallest absolute Gasteiger partial charge is 0.420 e. The van der Waals surface area contributed by atoms with E-state index in [0.29, 0.717) is 0 Å². The largest absolute Gasteiger partial charge is 0.452 e. The van der Waals surface area contributed by atoms with Gasteiger partial charge in [0.15, 0.2) is 0 Å². The molecule has 0 aliphatic carbocycles. The third kappa shape index (κ3) is 1.49. The van der Waals surface area contributed by atoms with Crippen LogP contribution in [0.25, 0.3) is 0 Å². The predicted octanol–water partition coefficient (Wildman–Crippen LogP) is 0.221. The van der Waals surface area contributed by atoms with E-state index in [4.69, 9.17) is 0 Å². The van der Waals surface area contributed by atoms with Crippen LogP contribution in [-0.2, 0) is 4.74 Å². The fraction of sp³-hybridized carbons (Fsp3) is 0.750. The van der Waals surface area contributed by atoms with Crippen molar-refractivity contribution in [1.29, 1.82) is 0 Å². The molecule has 9 heavy (non-hydrogen) atoms. The molecular formula is C4H8N2O2S. The van der Waals surface area contributed by atoms with Crippen LogP contribution in [0.1, 0.15) is 0 Å². The zero-order valence-electron chi connectivity index (χ0n) is 5.09. The third-order valence-electron chi connectivity index (χ3n) is 0.970. The minimum Gasteiger partial charge on any atom is -0.452 e. The maximum absolute atomic E-state index is 10.7. The van der Waals surface area contributed by atoms with Crippen molar-refractivity contribution >= 4 is 18.2 Å². The summed E-state index contributed by atoms with van der Waals surface area (Å²) in [5.41, 5.74) is 0. The summed E-state index contributed by atoms with van der Waals surface area (Å²) in [6.45, 7) is 1.55. The molecule has 0 saturated carbocycles. The van der Waals surface area contributed by atoms with Crippen molar-refractivity contribution in [3.05, 3.63) is 0 Å². The van der Waals surface area contributed by atoms with Crippen LogP contribution in [0.2, 0.25) is 0 Å². The van der Waals surface area contributed by atoms with Crippen molar-refractivity contribution in [2.45, 2.75) is 0 Å². The van der Waals surface area contributed by atoms with Crippen molar-refractivity contribution in [2.75, 3.05) is 20.2 Å². The van der Waals surface area contributed by atoms with Crippen molar-refractivity contribution in [2.24, 2.45) is 0 Å². The number of methoxy groups -OCH3 is 1. The topological polar surface area (TPSA) is 41.6 Å². The molecule has 5 heteroatoms. The van der Waals surface area contributed by atoms with Crippen molar-refractivity contribution in [1.82, 2.24) is 9.03 Å². The number of carbonyl (C=O) groups is 1. The van der Waals surface area contributed by atoms with E-state index in [1.54, 1.807) is 0 Å². The summed E-state index contributed by atoms with van der Waals surface area (Å²) < 4.78 is 8.92. The van der Waals surface area contributed by atoms with Crippen LogP contribution in [0.15, 0.2) is 0 Å². The molecule has 1 amide bonds. The van der Waals surface area contributed by atoms with Gasteiger partial charge in [-0.3, -0.25) is 0 Å². The van der Waals surface area contributed by atoms with Crippen molar-refractivity contribution < 1.29 is 9.53 Å². The quantitative estimate of drug-likeness (QED) is 0.499. The minimum atomic E-state index is -0.287. The van der Waals surface area contributed by atoms with E-state index in [9.17, 15) is 4.79 Å². The number of nitrogens with one attached hydrogen (secondary N) is 1. The number of amides is 1. The molecule has 1 saturated heterocycles. The van der Waals surface area contributed by atoms with Crippen molar-refractivity contribution in [3.63, 3.8) is 0 Å². The number of carbonyl (C=O) groups excluding carboxylic acids is 1. The maximum atomic E-state index is 10.7. The number of rotatable bonds is 0. The van der Waals surface area contributed by atoms with E-state index >= 15 is 0 Å². The second-order valence-electron chi connectivity index (χ2n) is 1.56. The highest BCUT2D eigenvalue weighted by Gasteiger charge is 2.18. The zero-order chi connectivity index (χ0) is 6.69. The van der Waals surface area contributed by atoms with E-state index in [1.807, 2.05) is 0 Å². The van der Waals surface area contributed by atoms with Crippen LogP contribution >= 0.6 is 12.1 Å². The summed E-state index contributed by atoms with van der Waals surface area (Å²) in [7, 11) is 1.38. The summed E-state index contributed by atoms with van der Waals surface area (Å²) >= 11 is 1.28. The first-order chi connectivity index (χ1) is 4.34. The second kappa shape index (κ2) is 2.93. The van der Waals surface area contributed by atoms with E-state index in [2.05, 4.69) is 9.46 Å². The molecule has 0 unspecified atom stereocenters. The van der Waals surface area contributed by atoms with Gasteiger partial charge in [-0.25, -0.2) is 13.8 Å². The van der Waals surface area contributed by atoms with E-state index in [1.165, 1.54) is 23.5 Å². The Morgan fingerprint density at radius 1 is 1.89 bits per heavy atom. The molecular weight excluding hydrogens is 140 g/mol. The van der Waals surface area contributed by atoms with Gasteiger partial charge in [0.25, 0.3) is 0 Å². The average Bonchev–Trinajstić information content (AvgIpc) is 2.37. The third-order valence-corrected chi connectivity index (χ3v) is 1.86. The SMILES string of the molecule is COC(=O)N1CCNS1. The van der Waals surface area contributed by atoms with Gasteiger partial charge >= 0.3 is 6.09 Å². The van der Waals surface area contributed by atoms with Crippen LogP contribution in [0, 0.1) is 0 Å². The summed E-state index contributed by atoms with van der Waals surface area (Å²) in [6, 6.07) is 0. The Balaban J connectivity index is 2.32. The molecule has 0 radical (unpaired) electrons. The Bertz CT molecular complexity index is 113. The Morgan fingerprint density at radius 2 is 2.67 bits per heavy atom. The molecule has 1 aliphatic heterocycles. The van der Waals surface area contributed by atoms with Crippen LogP contribution in [0.3, 0.4) is 0 Å². The number of ether oxygens (including phenoxy) is 1.